The van der Waals surface area contributed by atoms with Gasteiger partial charge in [-0.2, -0.15) is 5.10 Å². The Hall–Kier alpha value is -1.58. The third-order valence-corrected chi connectivity index (χ3v) is 1.33. The molecule has 0 aliphatic rings. The van der Waals surface area contributed by atoms with E-state index in [1.807, 2.05) is 13.8 Å². The van der Waals surface area contributed by atoms with E-state index < -0.39 is 0 Å². The first-order valence-corrected chi connectivity index (χ1v) is 3.89. The summed E-state index contributed by atoms with van der Waals surface area (Å²) >= 11 is 0. The smallest absolute Gasteiger partial charge is 0.248 e. The SMILES string of the molecule is CC.O=c1ccc2[nH]ncc2[nH]1.[HH]. The molecule has 2 rings (SSSR count). The Kier molecular flexibility index (Phi) is 2.63. The van der Waals surface area contributed by atoms with Gasteiger partial charge in [0.15, 0.2) is 0 Å². The zero-order valence-corrected chi connectivity index (χ0v) is 7.09. The van der Waals surface area contributed by atoms with Gasteiger partial charge >= 0.3 is 0 Å². The van der Waals surface area contributed by atoms with Crippen molar-refractivity contribution in [2.75, 3.05) is 0 Å². The summed E-state index contributed by atoms with van der Waals surface area (Å²) in [5.41, 5.74) is 1.49. The fraction of sp³-hybridized carbons (Fsp3) is 0.250. The van der Waals surface area contributed by atoms with Crippen molar-refractivity contribution in [2.45, 2.75) is 13.8 Å². The summed E-state index contributed by atoms with van der Waals surface area (Å²) in [7, 11) is 0. The molecule has 2 heterocycles. The molecule has 0 spiro atoms. The highest BCUT2D eigenvalue weighted by atomic mass is 16.1. The van der Waals surface area contributed by atoms with Crippen LogP contribution in [0.15, 0.2) is 23.1 Å². The molecular formula is C8H13N3O. The molecule has 0 aliphatic heterocycles. The molecule has 0 unspecified atom stereocenters. The minimum atomic E-state index is -0.103. The molecule has 0 radical (unpaired) electrons. The van der Waals surface area contributed by atoms with Gasteiger partial charge in [0.25, 0.3) is 0 Å². The summed E-state index contributed by atoms with van der Waals surface area (Å²) in [5, 5.41) is 6.47. The Bertz CT molecular complexity index is 407. The van der Waals surface area contributed by atoms with Crippen molar-refractivity contribution in [2.24, 2.45) is 0 Å². The number of H-pyrrole nitrogens is 2. The maximum Gasteiger partial charge on any atom is 0.248 e. The van der Waals surface area contributed by atoms with E-state index in [1.54, 1.807) is 12.3 Å². The molecule has 0 aromatic carbocycles. The average Bonchev–Trinajstić information content (AvgIpc) is 2.54. The summed E-state index contributed by atoms with van der Waals surface area (Å²) in [5.74, 6) is 0. The number of nitrogens with zero attached hydrogens (tertiary/aromatic N) is 1. The van der Waals surface area contributed by atoms with Crippen LogP contribution >= 0.6 is 0 Å². The highest BCUT2D eigenvalue weighted by Crippen LogP contribution is 2.00. The summed E-state index contributed by atoms with van der Waals surface area (Å²) in [6.07, 6.45) is 1.58. The predicted octanol–water partition coefficient (Wildman–Crippen LogP) is 1.52. The fourth-order valence-electron chi connectivity index (χ4n) is 0.856. The van der Waals surface area contributed by atoms with E-state index in [0.29, 0.717) is 0 Å². The van der Waals surface area contributed by atoms with Crippen LogP contribution < -0.4 is 5.56 Å². The van der Waals surface area contributed by atoms with E-state index in [2.05, 4.69) is 15.2 Å². The second-order valence-corrected chi connectivity index (χ2v) is 2.02. The van der Waals surface area contributed by atoms with Crippen LogP contribution in [0, 0.1) is 0 Å². The molecule has 0 bridgehead atoms. The molecular weight excluding hydrogens is 154 g/mol. The zero-order chi connectivity index (χ0) is 8.97. The van der Waals surface area contributed by atoms with E-state index in [0.717, 1.165) is 11.0 Å². The van der Waals surface area contributed by atoms with E-state index >= 15 is 0 Å². The normalized spacial score (nSPS) is 9.17. The average molecular weight is 167 g/mol. The maximum atomic E-state index is 10.7. The molecule has 2 aromatic heterocycles. The van der Waals surface area contributed by atoms with Gasteiger partial charge in [0.05, 0.1) is 17.2 Å². The molecule has 0 amide bonds. The molecule has 4 nitrogen and oxygen atoms in total. The number of fused-ring (bicyclic) bond motifs is 1. The number of aromatic amines is 2. The molecule has 0 aliphatic carbocycles. The van der Waals surface area contributed by atoms with Gasteiger partial charge in [0, 0.05) is 7.49 Å². The number of nitrogens with one attached hydrogen (secondary N) is 2. The van der Waals surface area contributed by atoms with Crippen LogP contribution in [0.25, 0.3) is 11.0 Å². The Morgan fingerprint density at radius 3 is 2.83 bits per heavy atom. The highest BCUT2D eigenvalue weighted by molar-refractivity contribution is 5.72. The zero-order valence-electron chi connectivity index (χ0n) is 7.09. The van der Waals surface area contributed by atoms with E-state index in [9.17, 15) is 4.79 Å². The van der Waals surface area contributed by atoms with Gasteiger partial charge in [-0.1, -0.05) is 13.8 Å². The monoisotopic (exact) mass is 167 g/mol. The molecule has 0 atom stereocenters. The van der Waals surface area contributed by atoms with Crippen LogP contribution in [0.2, 0.25) is 0 Å². The van der Waals surface area contributed by atoms with Crippen LogP contribution in [0.1, 0.15) is 15.3 Å². The van der Waals surface area contributed by atoms with Crippen molar-refractivity contribution in [1.82, 2.24) is 15.2 Å². The molecule has 66 valence electrons. The molecule has 4 heteroatoms. The van der Waals surface area contributed by atoms with Crippen molar-refractivity contribution in [3.05, 3.63) is 28.7 Å². The van der Waals surface area contributed by atoms with E-state index in [-0.39, 0.29) is 6.99 Å². The fourth-order valence-corrected chi connectivity index (χ4v) is 0.856. The summed E-state index contributed by atoms with van der Waals surface area (Å²) < 4.78 is 0. The second-order valence-electron chi connectivity index (χ2n) is 2.02. The van der Waals surface area contributed by atoms with Gasteiger partial charge in [-0.25, -0.2) is 0 Å². The van der Waals surface area contributed by atoms with Crippen molar-refractivity contribution >= 4 is 11.0 Å². The van der Waals surface area contributed by atoms with Gasteiger partial charge in [0.2, 0.25) is 5.56 Å². The minimum absolute atomic E-state index is 0. The first-order valence-electron chi connectivity index (χ1n) is 3.89. The Labute approximate surface area is 71.1 Å². The molecule has 0 saturated carbocycles. The van der Waals surface area contributed by atoms with Crippen LogP contribution in [-0.2, 0) is 0 Å². The van der Waals surface area contributed by atoms with Crippen LogP contribution in [0.4, 0.5) is 0 Å². The summed E-state index contributed by atoms with van der Waals surface area (Å²) in [6, 6.07) is 3.15. The standard InChI is InChI=1S/C6H5N3O.C2H6.H2/c10-6-2-1-4-5(8-6)3-7-9-4;1-2;/h1-3H,(H,7,9)(H,8,10);1-2H3;1H. The van der Waals surface area contributed by atoms with Gasteiger partial charge in [-0.05, 0) is 6.07 Å². The van der Waals surface area contributed by atoms with Gasteiger partial charge < -0.3 is 4.98 Å². The van der Waals surface area contributed by atoms with E-state index in [4.69, 9.17) is 0 Å². The lowest BCUT2D eigenvalue weighted by Crippen LogP contribution is -2.00. The molecule has 2 N–H and O–H groups in total. The van der Waals surface area contributed by atoms with Gasteiger partial charge in [-0.15, -0.1) is 0 Å². The number of aromatic nitrogens is 3. The summed E-state index contributed by atoms with van der Waals surface area (Å²) in [6.45, 7) is 4.00. The van der Waals surface area contributed by atoms with Gasteiger partial charge in [-0.3, -0.25) is 9.89 Å². The largest absolute Gasteiger partial charge is 0.319 e. The maximum absolute atomic E-state index is 10.7. The van der Waals surface area contributed by atoms with Crippen molar-refractivity contribution in [3.8, 4) is 0 Å². The minimum Gasteiger partial charge on any atom is -0.319 e. The van der Waals surface area contributed by atoms with Crippen molar-refractivity contribution < 1.29 is 1.43 Å². The van der Waals surface area contributed by atoms with Crippen LogP contribution in [0.3, 0.4) is 0 Å². The third kappa shape index (κ3) is 1.53. The van der Waals surface area contributed by atoms with Crippen LogP contribution in [0.5, 0.6) is 0 Å². The van der Waals surface area contributed by atoms with Crippen LogP contribution in [-0.4, -0.2) is 15.2 Å². The highest BCUT2D eigenvalue weighted by Gasteiger charge is 1.92. The third-order valence-electron chi connectivity index (χ3n) is 1.33. The molecule has 0 fully saturated rings. The Morgan fingerprint density at radius 1 is 1.33 bits per heavy atom. The lowest BCUT2D eigenvalue weighted by molar-refractivity contribution is 1.12. The Balaban J connectivity index is 0.000000451. The summed E-state index contributed by atoms with van der Waals surface area (Å²) in [4.78, 5) is 13.3. The number of hydrogen-bond donors (Lipinski definition) is 2. The lowest BCUT2D eigenvalue weighted by Gasteiger charge is -1.83. The quantitative estimate of drug-likeness (QED) is 0.625. The predicted molar refractivity (Wildman–Crippen MR) is 50.2 cm³/mol. The van der Waals surface area contributed by atoms with E-state index in [1.165, 1.54) is 6.07 Å². The lowest BCUT2D eigenvalue weighted by atomic mass is 10.4. The van der Waals surface area contributed by atoms with Crippen molar-refractivity contribution in [3.63, 3.8) is 0 Å². The number of hydrogen-bond acceptors (Lipinski definition) is 2. The molecule has 2 aromatic rings. The molecule has 12 heavy (non-hydrogen) atoms. The van der Waals surface area contributed by atoms with Gasteiger partial charge in [0.1, 0.15) is 0 Å². The second kappa shape index (κ2) is 3.71. The van der Waals surface area contributed by atoms with Crippen molar-refractivity contribution in [1.29, 1.82) is 0 Å². The first kappa shape index (κ1) is 8.52. The Morgan fingerprint density at radius 2 is 2.08 bits per heavy atom. The molecule has 0 saturated heterocycles. The number of rotatable bonds is 0. The number of pyridine rings is 1. The topological polar surface area (TPSA) is 61.5 Å². The first-order chi connectivity index (χ1) is 5.86.